The highest BCUT2D eigenvalue weighted by Gasteiger charge is 2.37. The van der Waals surface area contributed by atoms with Crippen LogP contribution in [-0.2, 0) is 10.9 Å². The number of anilines is 1. The summed E-state index contributed by atoms with van der Waals surface area (Å²) < 4.78 is 65.9. The van der Waals surface area contributed by atoms with Crippen LogP contribution < -0.4 is 4.90 Å². The highest BCUT2D eigenvalue weighted by Crippen LogP contribution is 2.41. The summed E-state index contributed by atoms with van der Waals surface area (Å²) in [5.74, 6) is -1.83. The minimum atomic E-state index is -4.58. The molecule has 1 unspecified atom stereocenters. The number of carbonyl (C=O) groups excluding carboxylic acids is 1. The number of aromatic nitrogens is 2. The third-order valence-corrected chi connectivity index (χ3v) is 5.72. The highest BCUT2D eigenvalue weighted by molar-refractivity contribution is 5.89. The fourth-order valence-electron chi connectivity index (χ4n) is 3.99. The summed E-state index contributed by atoms with van der Waals surface area (Å²) in [6.07, 6.45) is -1.94. The fraction of sp³-hybridized carbons (Fsp3) is 0.348. The lowest BCUT2D eigenvalue weighted by Crippen LogP contribution is -2.38. The second kappa shape index (κ2) is 8.84. The zero-order valence-corrected chi connectivity index (χ0v) is 17.9. The topological polar surface area (TPSA) is 68.5 Å². The van der Waals surface area contributed by atoms with Gasteiger partial charge in [-0.25, -0.2) is 9.18 Å². The van der Waals surface area contributed by atoms with Crippen molar-refractivity contribution in [3.8, 4) is 22.8 Å². The molecular weight excluding hydrogens is 442 g/mol. The number of rotatable bonds is 4. The maximum Gasteiger partial charge on any atom is 0.418 e. The second-order valence-corrected chi connectivity index (χ2v) is 7.88. The van der Waals surface area contributed by atoms with E-state index >= 15 is 0 Å². The number of hydrogen-bond acceptors (Lipinski definition) is 6. The van der Waals surface area contributed by atoms with Gasteiger partial charge in [0.25, 0.3) is 5.89 Å². The van der Waals surface area contributed by atoms with Gasteiger partial charge in [-0.15, -0.1) is 0 Å². The summed E-state index contributed by atoms with van der Waals surface area (Å²) in [5, 5.41) is 3.70. The number of ether oxygens (including phenoxy) is 1. The summed E-state index contributed by atoms with van der Waals surface area (Å²) in [6, 6.07) is 7.44. The molecule has 6 nitrogen and oxygen atoms in total. The molecule has 1 aliphatic rings. The molecule has 1 saturated heterocycles. The summed E-state index contributed by atoms with van der Waals surface area (Å²) in [5.41, 5.74) is -0.668. The number of esters is 1. The number of piperidine rings is 1. The Morgan fingerprint density at radius 1 is 1.18 bits per heavy atom. The molecule has 3 aromatic rings. The molecule has 1 aromatic heterocycles. The number of alkyl halides is 3. The van der Waals surface area contributed by atoms with Crippen molar-refractivity contribution in [3.05, 3.63) is 53.3 Å². The van der Waals surface area contributed by atoms with E-state index in [4.69, 9.17) is 4.52 Å². The van der Waals surface area contributed by atoms with Gasteiger partial charge in [0.1, 0.15) is 5.82 Å². The Balaban J connectivity index is 1.69. The first-order chi connectivity index (χ1) is 15.7. The normalized spacial score (nSPS) is 16.7. The molecule has 2 heterocycles. The summed E-state index contributed by atoms with van der Waals surface area (Å²) in [4.78, 5) is 17.4. The van der Waals surface area contributed by atoms with Crippen molar-refractivity contribution < 1.29 is 31.6 Å². The molecule has 0 N–H and O–H groups in total. The molecule has 0 bridgehead atoms. The monoisotopic (exact) mass is 463 g/mol. The van der Waals surface area contributed by atoms with Crippen LogP contribution in [0.4, 0.5) is 23.2 Å². The van der Waals surface area contributed by atoms with Gasteiger partial charge in [-0.2, -0.15) is 18.2 Å². The van der Waals surface area contributed by atoms with Crippen molar-refractivity contribution in [2.75, 3.05) is 18.6 Å². The van der Waals surface area contributed by atoms with Gasteiger partial charge in [0.05, 0.1) is 23.8 Å². The molecule has 174 valence electrons. The third kappa shape index (κ3) is 4.55. The SMILES string of the molecule is COC(=O)c1ccc(-c2noc(-c3ccc(N4CCCCC4C)c(C(F)(F)F)c3)n2)c(F)c1. The lowest BCUT2D eigenvalue weighted by atomic mass is 9.99. The number of nitrogens with zero attached hydrogens (tertiary/aromatic N) is 3. The van der Waals surface area contributed by atoms with Crippen molar-refractivity contribution in [1.29, 1.82) is 0 Å². The summed E-state index contributed by atoms with van der Waals surface area (Å²) in [7, 11) is 1.17. The number of halogens is 4. The molecule has 0 spiro atoms. The van der Waals surface area contributed by atoms with E-state index in [9.17, 15) is 22.4 Å². The van der Waals surface area contributed by atoms with Crippen LogP contribution in [0.2, 0.25) is 0 Å². The van der Waals surface area contributed by atoms with E-state index in [1.165, 1.54) is 31.4 Å². The Labute approximate surface area is 187 Å². The van der Waals surface area contributed by atoms with E-state index in [1.807, 2.05) is 6.92 Å². The first-order valence-electron chi connectivity index (χ1n) is 10.4. The van der Waals surface area contributed by atoms with Gasteiger partial charge < -0.3 is 14.2 Å². The summed E-state index contributed by atoms with van der Waals surface area (Å²) >= 11 is 0. The third-order valence-electron chi connectivity index (χ3n) is 5.72. The van der Waals surface area contributed by atoms with Crippen molar-refractivity contribution >= 4 is 11.7 Å². The molecule has 0 amide bonds. The van der Waals surface area contributed by atoms with Gasteiger partial charge in [-0.3, -0.25) is 0 Å². The zero-order chi connectivity index (χ0) is 23.8. The van der Waals surface area contributed by atoms with Crippen LogP contribution in [0.5, 0.6) is 0 Å². The average molecular weight is 463 g/mol. The van der Waals surface area contributed by atoms with Gasteiger partial charge in [0, 0.05) is 23.8 Å². The Hall–Kier alpha value is -3.43. The fourth-order valence-corrected chi connectivity index (χ4v) is 3.99. The van der Waals surface area contributed by atoms with Crippen molar-refractivity contribution in [3.63, 3.8) is 0 Å². The van der Waals surface area contributed by atoms with E-state index in [0.717, 1.165) is 31.4 Å². The van der Waals surface area contributed by atoms with Crippen LogP contribution >= 0.6 is 0 Å². The van der Waals surface area contributed by atoms with Gasteiger partial charge in [0.15, 0.2) is 0 Å². The molecule has 1 fully saturated rings. The van der Waals surface area contributed by atoms with E-state index in [2.05, 4.69) is 14.9 Å². The first-order valence-corrected chi connectivity index (χ1v) is 10.4. The quantitative estimate of drug-likeness (QED) is 0.364. The first kappa shape index (κ1) is 22.8. The second-order valence-electron chi connectivity index (χ2n) is 7.88. The molecule has 1 atom stereocenters. The predicted octanol–water partition coefficient (Wildman–Crippen LogP) is 5.73. The maximum atomic E-state index is 14.5. The van der Waals surface area contributed by atoms with Crippen molar-refractivity contribution in [2.45, 2.75) is 38.4 Å². The lowest BCUT2D eigenvalue weighted by Gasteiger charge is -2.37. The van der Waals surface area contributed by atoms with Gasteiger partial charge >= 0.3 is 12.1 Å². The molecule has 0 radical (unpaired) electrons. The average Bonchev–Trinajstić information content (AvgIpc) is 3.28. The molecule has 2 aromatic carbocycles. The maximum absolute atomic E-state index is 14.5. The molecule has 1 aliphatic heterocycles. The molecule has 0 aliphatic carbocycles. The zero-order valence-electron chi connectivity index (χ0n) is 17.9. The number of benzene rings is 2. The predicted molar refractivity (Wildman–Crippen MR) is 112 cm³/mol. The van der Waals surface area contributed by atoms with Crippen molar-refractivity contribution in [2.24, 2.45) is 0 Å². The van der Waals surface area contributed by atoms with Crippen LogP contribution in [0.25, 0.3) is 22.8 Å². The van der Waals surface area contributed by atoms with Crippen LogP contribution in [0.1, 0.15) is 42.1 Å². The van der Waals surface area contributed by atoms with Crippen LogP contribution in [-0.4, -0.2) is 35.8 Å². The van der Waals surface area contributed by atoms with Crippen LogP contribution in [0.15, 0.2) is 40.9 Å². The Bertz CT molecular complexity index is 1180. The minimum Gasteiger partial charge on any atom is -0.465 e. The van der Waals surface area contributed by atoms with Crippen LogP contribution in [0, 0.1) is 5.82 Å². The number of methoxy groups -OCH3 is 1. The van der Waals surface area contributed by atoms with Gasteiger partial charge in [0.2, 0.25) is 5.82 Å². The molecule has 0 saturated carbocycles. The Morgan fingerprint density at radius 3 is 2.64 bits per heavy atom. The smallest absolute Gasteiger partial charge is 0.418 e. The van der Waals surface area contributed by atoms with Gasteiger partial charge in [-0.1, -0.05) is 5.16 Å². The van der Waals surface area contributed by atoms with E-state index < -0.39 is 23.5 Å². The Kier molecular flexibility index (Phi) is 6.09. The van der Waals surface area contributed by atoms with Crippen LogP contribution in [0.3, 0.4) is 0 Å². The number of carbonyl (C=O) groups is 1. The van der Waals surface area contributed by atoms with E-state index in [0.29, 0.717) is 6.54 Å². The standard InChI is InChI=1S/C23H21F4N3O3/c1-13-5-3-4-10-30(13)19-9-7-14(11-17(19)23(25,26)27)21-28-20(29-33-21)16-8-6-15(12-18(16)24)22(31)32-2/h6-9,11-13H,3-5,10H2,1-2H3. The number of hydrogen-bond donors (Lipinski definition) is 0. The van der Waals surface area contributed by atoms with Crippen molar-refractivity contribution in [1.82, 2.24) is 10.1 Å². The molecule has 33 heavy (non-hydrogen) atoms. The molecular formula is C23H21F4N3O3. The highest BCUT2D eigenvalue weighted by atomic mass is 19.4. The molecule has 10 heteroatoms. The summed E-state index contributed by atoms with van der Waals surface area (Å²) in [6.45, 7) is 2.46. The Morgan fingerprint density at radius 2 is 1.97 bits per heavy atom. The largest absolute Gasteiger partial charge is 0.465 e. The van der Waals surface area contributed by atoms with E-state index in [-0.39, 0.29) is 40.1 Å². The molecule has 4 rings (SSSR count). The minimum absolute atomic E-state index is 0.000169. The van der Waals surface area contributed by atoms with E-state index in [1.54, 1.807) is 4.90 Å². The lowest BCUT2D eigenvalue weighted by molar-refractivity contribution is -0.137. The van der Waals surface area contributed by atoms with Gasteiger partial charge in [-0.05, 0) is 62.6 Å².